The molecule has 0 bridgehead atoms. The first-order chi connectivity index (χ1) is 10.2. The van der Waals surface area contributed by atoms with Crippen LogP contribution in [-0.4, -0.2) is 51.3 Å². The maximum Gasteiger partial charge on any atom is 0.143 e. The first-order valence-electron chi connectivity index (χ1n) is 7.51. The number of benzene rings is 1. The molecule has 0 amide bonds. The maximum absolute atomic E-state index is 3.99. The van der Waals surface area contributed by atoms with Crippen molar-refractivity contribution in [3.05, 3.63) is 30.6 Å². The third-order valence-corrected chi connectivity index (χ3v) is 4.25. The highest BCUT2D eigenvalue weighted by atomic mass is 15.5. The van der Waals surface area contributed by atoms with Crippen LogP contribution in [0.3, 0.4) is 0 Å². The number of rotatable bonds is 4. The summed E-state index contributed by atoms with van der Waals surface area (Å²) in [7, 11) is 2.20. The number of nitrogens with zero attached hydrogens (tertiary/aromatic N) is 5. The van der Waals surface area contributed by atoms with Gasteiger partial charge in [0.25, 0.3) is 0 Å². The lowest BCUT2D eigenvalue weighted by molar-refractivity contribution is 0.197. The second-order valence-electron chi connectivity index (χ2n) is 5.87. The van der Waals surface area contributed by atoms with Crippen molar-refractivity contribution in [1.29, 1.82) is 0 Å². The van der Waals surface area contributed by atoms with E-state index in [1.165, 1.54) is 19.4 Å². The molecule has 0 spiro atoms. The topological polar surface area (TPSA) is 58.9 Å². The van der Waals surface area contributed by atoms with Gasteiger partial charge in [-0.25, -0.2) is 0 Å². The molecular weight excluding hydrogens is 264 g/mol. The molecule has 2 heterocycles. The average Bonchev–Trinajstić information content (AvgIpc) is 3.02. The van der Waals surface area contributed by atoms with Crippen LogP contribution in [0.4, 0.5) is 5.69 Å². The SMILES string of the molecule is CC(Nc1ccccc1-n1cnnn1)C1CCCN(C)C1. The van der Waals surface area contributed by atoms with Crippen LogP contribution in [0.2, 0.25) is 0 Å². The van der Waals surface area contributed by atoms with E-state index in [-0.39, 0.29) is 0 Å². The van der Waals surface area contributed by atoms with Crippen molar-refractivity contribution in [3.8, 4) is 5.69 Å². The minimum Gasteiger partial charge on any atom is -0.381 e. The third-order valence-electron chi connectivity index (χ3n) is 4.25. The minimum atomic E-state index is 0.422. The summed E-state index contributed by atoms with van der Waals surface area (Å²) >= 11 is 0. The van der Waals surface area contributed by atoms with Crippen LogP contribution in [0.15, 0.2) is 30.6 Å². The van der Waals surface area contributed by atoms with Crippen LogP contribution < -0.4 is 5.32 Å². The van der Waals surface area contributed by atoms with Crippen molar-refractivity contribution >= 4 is 5.69 Å². The fourth-order valence-electron chi connectivity index (χ4n) is 3.04. The Balaban J connectivity index is 1.75. The normalized spacial score (nSPS) is 21.1. The first-order valence-corrected chi connectivity index (χ1v) is 7.51. The Bertz CT molecular complexity index is 567. The van der Waals surface area contributed by atoms with Gasteiger partial charge in [0.2, 0.25) is 0 Å². The molecule has 2 atom stereocenters. The van der Waals surface area contributed by atoms with Crippen molar-refractivity contribution < 1.29 is 0 Å². The summed E-state index contributed by atoms with van der Waals surface area (Å²) in [5, 5.41) is 15.1. The molecule has 1 saturated heterocycles. The van der Waals surface area contributed by atoms with Gasteiger partial charge in [-0.05, 0) is 61.8 Å². The van der Waals surface area contributed by atoms with Gasteiger partial charge < -0.3 is 10.2 Å². The first kappa shape index (κ1) is 14.0. The lowest BCUT2D eigenvalue weighted by atomic mass is 9.91. The molecule has 6 nitrogen and oxygen atoms in total. The fraction of sp³-hybridized carbons (Fsp3) is 0.533. The standard InChI is InChI=1S/C15H22N6/c1-12(13-6-5-9-20(2)10-13)17-14-7-3-4-8-15(14)21-11-16-18-19-21/h3-4,7-8,11-13,17H,5-6,9-10H2,1-2H3. The Morgan fingerprint density at radius 3 is 2.95 bits per heavy atom. The van der Waals surface area contributed by atoms with E-state index in [9.17, 15) is 0 Å². The Hall–Kier alpha value is -1.95. The summed E-state index contributed by atoms with van der Waals surface area (Å²) in [5.41, 5.74) is 2.06. The second kappa shape index (κ2) is 6.22. The van der Waals surface area contributed by atoms with Crippen LogP contribution in [0.25, 0.3) is 5.69 Å². The van der Waals surface area contributed by atoms with E-state index in [0.29, 0.717) is 12.0 Å². The van der Waals surface area contributed by atoms with Crippen LogP contribution >= 0.6 is 0 Å². The van der Waals surface area contributed by atoms with Gasteiger partial charge in [-0.1, -0.05) is 12.1 Å². The van der Waals surface area contributed by atoms with E-state index in [1.54, 1.807) is 11.0 Å². The monoisotopic (exact) mass is 286 g/mol. The molecule has 1 fully saturated rings. The van der Waals surface area contributed by atoms with E-state index in [4.69, 9.17) is 0 Å². The Labute approximate surface area is 125 Å². The van der Waals surface area contributed by atoms with Gasteiger partial charge in [0.1, 0.15) is 6.33 Å². The zero-order valence-electron chi connectivity index (χ0n) is 12.6. The van der Waals surface area contributed by atoms with Gasteiger partial charge in [-0.15, -0.1) is 5.10 Å². The van der Waals surface area contributed by atoms with Gasteiger partial charge >= 0.3 is 0 Å². The number of para-hydroxylation sites is 2. The number of nitrogens with one attached hydrogen (secondary N) is 1. The summed E-state index contributed by atoms with van der Waals surface area (Å²) < 4.78 is 1.70. The highest BCUT2D eigenvalue weighted by molar-refractivity contribution is 5.60. The van der Waals surface area contributed by atoms with Crippen LogP contribution in [0.5, 0.6) is 0 Å². The van der Waals surface area contributed by atoms with E-state index < -0.39 is 0 Å². The molecule has 3 rings (SSSR count). The number of tetrazole rings is 1. The molecular formula is C15H22N6. The van der Waals surface area contributed by atoms with Crippen molar-refractivity contribution in [1.82, 2.24) is 25.1 Å². The summed E-state index contributed by atoms with van der Waals surface area (Å²) in [6.45, 7) is 4.63. The number of likely N-dealkylation sites (tertiary alicyclic amines) is 1. The summed E-state index contributed by atoms with van der Waals surface area (Å²) in [5.74, 6) is 0.672. The lowest BCUT2D eigenvalue weighted by Crippen LogP contribution is -2.40. The van der Waals surface area contributed by atoms with Gasteiger partial charge in [0.05, 0.1) is 11.4 Å². The molecule has 6 heteroatoms. The maximum atomic E-state index is 3.99. The molecule has 0 saturated carbocycles. The Morgan fingerprint density at radius 1 is 1.33 bits per heavy atom. The summed E-state index contributed by atoms with van der Waals surface area (Å²) in [6, 6.07) is 8.57. The largest absolute Gasteiger partial charge is 0.381 e. The van der Waals surface area contributed by atoms with E-state index >= 15 is 0 Å². The Kier molecular flexibility index (Phi) is 4.15. The Morgan fingerprint density at radius 2 is 2.19 bits per heavy atom. The predicted octanol–water partition coefficient (Wildman–Crippen LogP) is 1.80. The second-order valence-corrected chi connectivity index (χ2v) is 5.87. The number of piperidine rings is 1. The van der Waals surface area contributed by atoms with Crippen LogP contribution in [-0.2, 0) is 0 Å². The van der Waals surface area contributed by atoms with Crippen molar-refractivity contribution in [2.45, 2.75) is 25.8 Å². The molecule has 2 aromatic rings. The number of anilines is 1. The predicted molar refractivity (Wildman–Crippen MR) is 82.5 cm³/mol. The summed E-state index contributed by atoms with van der Waals surface area (Å²) in [4.78, 5) is 2.42. The van der Waals surface area contributed by atoms with Crippen molar-refractivity contribution in [2.75, 3.05) is 25.5 Å². The smallest absolute Gasteiger partial charge is 0.143 e. The molecule has 21 heavy (non-hydrogen) atoms. The molecule has 1 aliphatic heterocycles. The molecule has 1 aromatic carbocycles. The van der Waals surface area contributed by atoms with E-state index in [1.807, 2.05) is 18.2 Å². The zero-order valence-corrected chi connectivity index (χ0v) is 12.6. The zero-order chi connectivity index (χ0) is 14.7. The number of hydrogen-bond donors (Lipinski definition) is 1. The third kappa shape index (κ3) is 3.21. The van der Waals surface area contributed by atoms with Gasteiger partial charge in [0.15, 0.2) is 0 Å². The van der Waals surface area contributed by atoms with Gasteiger partial charge in [-0.2, -0.15) is 4.68 Å². The quantitative estimate of drug-likeness (QED) is 0.929. The van der Waals surface area contributed by atoms with Crippen LogP contribution in [0, 0.1) is 5.92 Å². The number of hydrogen-bond acceptors (Lipinski definition) is 5. The van der Waals surface area contributed by atoms with E-state index in [0.717, 1.165) is 17.9 Å². The molecule has 0 aliphatic carbocycles. The van der Waals surface area contributed by atoms with Crippen LogP contribution in [0.1, 0.15) is 19.8 Å². The van der Waals surface area contributed by atoms with E-state index in [2.05, 4.69) is 45.8 Å². The molecule has 112 valence electrons. The molecule has 1 aliphatic rings. The highest BCUT2D eigenvalue weighted by Gasteiger charge is 2.23. The van der Waals surface area contributed by atoms with Gasteiger partial charge in [-0.3, -0.25) is 0 Å². The van der Waals surface area contributed by atoms with Crippen molar-refractivity contribution in [3.63, 3.8) is 0 Å². The highest BCUT2D eigenvalue weighted by Crippen LogP contribution is 2.24. The molecule has 1 N–H and O–H groups in total. The molecule has 2 unspecified atom stereocenters. The minimum absolute atomic E-state index is 0.422. The molecule has 1 aromatic heterocycles. The van der Waals surface area contributed by atoms with Gasteiger partial charge in [0, 0.05) is 12.6 Å². The average molecular weight is 286 g/mol. The van der Waals surface area contributed by atoms with Crippen molar-refractivity contribution in [2.24, 2.45) is 5.92 Å². The molecule has 0 radical (unpaired) electrons. The summed E-state index contributed by atoms with van der Waals surface area (Å²) in [6.07, 6.45) is 4.19. The lowest BCUT2D eigenvalue weighted by Gasteiger charge is -2.34. The fourth-order valence-corrected chi connectivity index (χ4v) is 3.04. The number of aromatic nitrogens is 4.